The van der Waals surface area contributed by atoms with Gasteiger partial charge < -0.3 is 8.94 Å². The molecule has 1 radical (unpaired) electrons. The van der Waals surface area contributed by atoms with Crippen molar-refractivity contribution in [1.82, 2.24) is 15.1 Å². The molecule has 0 aliphatic rings. The van der Waals surface area contributed by atoms with Gasteiger partial charge in [0.1, 0.15) is 5.76 Å². The first kappa shape index (κ1) is 7.02. The van der Waals surface area contributed by atoms with Gasteiger partial charge in [-0.25, -0.2) is 4.98 Å². The smallest absolute Gasteiger partial charge is 0.314 e. The molecule has 0 amide bonds. The minimum atomic E-state index is 0.256. The van der Waals surface area contributed by atoms with E-state index in [2.05, 4.69) is 21.5 Å². The van der Waals surface area contributed by atoms with Crippen molar-refractivity contribution in [3.05, 3.63) is 17.8 Å². The van der Waals surface area contributed by atoms with Crippen LogP contribution in [0.3, 0.4) is 0 Å². The highest BCUT2D eigenvalue weighted by Crippen LogP contribution is 2.17. The number of nitrogens with zero attached hydrogens (tertiary/aromatic N) is 3. The third kappa shape index (κ3) is 0.990. The molecule has 0 saturated carbocycles. The fourth-order valence-corrected chi connectivity index (χ4v) is 0.801. The van der Waals surface area contributed by atoms with Crippen LogP contribution in [0.1, 0.15) is 11.5 Å². The number of hydrogen-bond acceptors (Lipinski definition) is 5. The molecule has 0 aliphatic heterocycles. The Bertz CT molecular complexity index is 358. The number of rotatable bonds is 1. The van der Waals surface area contributed by atoms with Crippen LogP contribution in [-0.4, -0.2) is 15.1 Å². The second-order valence-electron chi connectivity index (χ2n) is 2.36. The summed E-state index contributed by atoms with van der Waals surface area (Å²) >= 11 is 0. The Morgan fingerprint density at radius 3 is 2.58 bits per heavy atom. The maximum absolute atomic E-state index is 5.23. The van der Waals surface area contributed by atoms with Crippen molar-refractivity contribution in [2.45, 2.75) is 13.8 Å². The fourth-order valence-electron chi connectivity index (χ4n) is 0.801. The highest BCUT2D eigenvalue weighted by molar-refractivity contribution is 5.37. The Morgan fingerprint density at radius 1 is 1.25 bits per heavy atom. The molecule has 12 heavy (non-hydrogen) atoms. The SMILES string of the molecule is Cc1nc(-c2n[c]no2)oc1C. The quantitative estimate of drug-likeness (QED) is 0.632. The summed E-state index contributed by atoms with van der Waals surface area (Å²) in [6.07, 6.45) is 2.29. The normalized spacial score (nSPS) is 10.5. The van der Waals surface area contributed by atoms with Gasteiger partial charge in [0.15, 0.2) is 0 Å². The van der Waals surface area contributed by atoms with Crippen molar-refractivity contribution in [3.8, 4) is 11.8 Å². The van der Waals surface area contributed by atoms with E-state index in [0.29, 0.717) is 5.89 Å². The van der Waals surface area contributed by atoms with Gasteiger partial charge in [0.05, 0.1) is 5.69 Å². The summed E-state index contributed by atoms with van der Waals surface area (Å²) in [5, 5.41) is 3.33. The second-order valence-corrected chi connectivity index (χ2v) is 2.36. The van der Waals surface area contributed by atoms with Gasteiger partial charge in [0.25, 0.3) is 5.89 Å². The lowest BCUT2D eigenvalue weighted by Crippen LogP contribution is -1.76. The molecule has 2 heterocycles. The molecular formula is C7H6N3O2. The lowest BCUT2D eigenvalue weighted by Gasteiger charge is -1.81. The maximum atomic E-state index is 5.23. The number of aromatic nitrogens is 3. The molecule has 0 aliphatic carbocycles. The van der Waals surface area contributed by atoms with Gasteiger partial charge >= 0.3 is 5.89 Å². The van der Waals surface area contributed by atoms with Crippen molar-refractivity contribution in [2.24, 2.45) is 0 Å². The third-order valence-electron chi connectivity index (χ3n) is 1.54. The zero-order valence-corrected chi connectivity index (χ0v) is 6.66. The lowest BCUT2D eigenvalue weighted by molar-refractivity contribution is 0.408. The lowest BCUT2D eigenvalue weighted by atomic mass is 10.4. The predicted octanol–water partition coefficient (Wildman–Crippen LogP) is 1.14. The van der Waals surface area contributed by atoms with E-state index in [9.17, 15) is 0 Å². The van der Waals surface area contributed by atoms with Crippen LogP contribution in [0.15, 0.2) is 8.94 Å². The summed E-state index contributed by atoms with van der Waals surface area (Å²) in [5.74, 6) is 1.35. The largest absolute Gasteiger partial charge is 0.438 e. The van der Waals surface area contributed by atoms with E-state index in [0.717, 1.165) is 11.5 Å². The summed E-state index contributed by atoms with van der Waals surface area (Å²) in [7, 11) is 0. The van der Waals surface area contributed by atoms with Gasteiger partial charge in [-0.2, -0.15) is 4.98 Å². The summed E-state index contributed by atoms with van der Waals surface area (Å²) in [6, 6.07) is 0. The van der Waals surface area contributed by atoms with E-state index in [1.807, 2.05) is 13.8 Å². The Labute approximate surface area is 68.4 Å². The Morgan fingerprint density at radius 2 is 2.08 bits per heavy atom. The number of aryl methyl sites for hydroxylation is 2. The van der Waals surface area contributed by atoms with Crippen molar-refractivity contribution in [2.75, 3.05) is 0 Å². The van der Waals surface area contributed by atoms with Gasteiger partial charge in [-0.1, -0.05) is 5.16 Å². The van der Waals surface area contributed by atoms with Gasteiger partial charge in [-0.3, -0.25) is 0 Å². The highest BCUT2D eigenvalue weighted by atomic mass is 16.5. The van der Waals surface area contributed by atoms with Crippen LogP contribution in [0, 0.1) is 20.2 Å². The maximum Gasteiger partial charge on any atom is 0.314 e. The molecule has 0 N–H and O–H groups in total. The number of hydrogen-bond donors (Lipinski definition) is 0. The van der Waals surface area contributed by atoms with Crippen molar-refractivity contribution >= 4 is 0 Å². The second kappa shape index (κ2) is 2.44. The predicted molar refractivity (Wildman–Crippen MR) is 38.1 cm³/mol. The van der Waals surface area contributed by atoms with E-state index in [-0.39, 0.29) is 5.89 Å². The summed E-state index contributed by atoms with van der Waals surface area (Å²) in [5.41, 5.74) is 0.822. The minimum absolute atomic E-state index is 0.256. The molecular weight excluding hydrogens is 158 g/mol. The van der Waals surface area contributed by atoms with Crippen molar-refractivity contribution in [3.63, 3.8) is 0 Å². The Kier molecular flexibility index (Phi) is 1.43. The molecule has 0 unspecified atom stereocenters. The van der Waals surface area contributed by atoms with Gasteiger partial charge in [-0.05, 0) is 13.8 Å². The minimum Gasteiger partial charge on any atom is -0.438 e. The highest BCUT2D eigenvalue weighted by Gasteiger charge is 2.12. The molecule has 2 aromatic heterocycles. The molecule has 61 valence electrons. The molecule has 0 aromatic carbocycles. The molecule has 0 bridgehead atoms. The molecule has 0 saturated heterocycles. The molecule has 5 nitrogen and oxygen atoms in total. The van der Waals surface area contributed by atoms with Crippen molar-refractivity contribution < 1.29 is 8.94 Å². The van der Waals surface area contributed by atoms with Gasteiger partial charge in [0, 0.05) is 0 Å². The first-order valence-corrected chi connectivity index (χ1v) is 3.41. The van der Waals surface area contributed by atoms with Crippen LogP contribution in [-0.2, 0) is 0 Å². The van der Waals surface area contributed by atoms with E-state index in [4.69, 9.17) is 8.94 Å². The molecule has 0 fully saturated rings. The summed E-state index contributed by atoms with van der Waals surface area (Å²) in [4.78, 5) is 7.75. The molecule has 0 spiro atoms. The molecule has 5 heteroatoms. The van der Waals surface area contributed by atoms with E-state index < -0.39 is 0 Å². The standard InChI is InChI=1S/C7H6N3O2/c1-4-5(2)11-7(10-4)6-8-3-9-12-6/h1-2H3. The summed E-state index contributed by atoms with van der Waals surface area (Å²) in [6.45, 7) is 3.67. The first-order chi connectivity index (χ1) is 5.77. The van der Waals surface area contributed by atoms with Crippen molar-refractivity contribution in [1.29, 1.82) is 0 Å². The Balaban J connectivity index is 2.48. The number of oxazole rings is 1. The van der Waals surface area contributed by atoms with Crippen LogP contribution in [0.25, 0.3) is 11.8 Å². The van der Waals surface area contributed by atoms with Gasteiger partial charge in [-0.15, -0.1) is 0 Å². The topological polar surface area (TPSA) is 65.0 Å². The zero-order chi connectivity index (χ0) is 8.55. The average Bonchev–Trinajstić information content (AvgIpc) is 2.61. The molecule has 2 aromatic rings. The average molecular weight is 164 g/mol. The molecule has 0 atom stereocenters. The monoisotopic (exact) mass is 164 g/mol. The van der Waals surface area contributed by atoms with Crippen LogP contribution in [0.2, 0.25) is 0 Å². The fraction of sp³-hybridized carbons (Fsp3) is 0.286. The van der Waals surface area contributed by atoms with Crippen LogP contribution >= 0.6 is 0 Å². The molecule has 2 rings (SSSR count). The summed E-state index contributed by atoms with van der Waals surface area (Å²) < 4.78 is 9.95. The van der Waals surface area contributed by atoms with Gasteiger partial charge in [0.2, 0.25) is 6.33 Å². The van der Waals surface area contributed by atoms with E-state index >= 15 is 0 Å². The third-order valence-corrected chi connectivity index (χ3v) is 1.54. The van der Waals surface area contributed by atoms with Crippen LogP contribution < -0.4 is 0 Å². The van der Waals surface area contributed by atoms with Crippen LogP contribution in [0.4, 0.5) is 0 Å². The zero-order valence-electron chi connectivity index (χ0n) is 6.66. The Hall–Kier alpha value is -1.65. The first-order valence-electron chi connectivity index (χ1n) is 3.41. The van der Waals surface area contributed by atoms with E-state index in [1.165, 1.54) is 0 Å². The van der Waals surface area contributed by atoms with E-state index in [1.54, 1.807) is 0 Å². The van der Waals surface area contributed by atoms with Crippen LogP contribution in [0.5, 0.6) is 0 Å².